The largest absolute Gasteiger partial charge is 0.464 e. The zero-order valence-corrected chi connectivity index (χ0v) is 9.81. The SMILES string of the molecule is CCNS(=O)(=O)c1cnc(C(=O)OC)s1. The van der Waals surface area contributed by atoms with E-state index >= 15 is 0 Å². The summed E-state index contributed by atoms with van der Waals surface area (Å²) in [6.07, 6.45) is 1.13. The highest BCUT2D eigenvalue weighted by molar-refractivity contribution is 7.91. The van der Waals surface area contributed by atoms with Gasteiger partial charge in [0.1, 0.15) is 0 Å². The topological polar surface area (TPSA) is 85.4 Å². The highest BCUT2D eigenvalue weighted by Crippen LogP contribution is 2.18. The van der Waals surface area contributed by atoms with Gasteiger partial charge in [0.15, 0.2) is 4.21 Å². The van der Waals surface area contributed by atoms with Gasteiger partial charge in [-0.25, -0.2) is 22.9 Å². The lowest BCUT2D eigenvalue weighted by Crippen LogP contribution is -2.22. The maximum absolute atomic E-state index is 11.5. The van der Waals surface area contributed by atoms with Crippen molar-refractivity contribution >= 4 is 27.3 Å². The normalized spacial score (nSPS) is 11.3. The lowest BCUT2D eigenvalue weighted by Gasteiger charge is -1.98. The third-order valence-electron chi connectivity index (χ3n) is 1.44. The first kappa shape index (κ1) is 12.1. The van der Waals surface area contributed by atoms with Crippen LogP contribution in [-0.2, 0) is 14.8 Å². The Morgan fingerprint density at radius 3 is 2.87 bits per heavy atom. The summed E-state index contributed by atoms with van der Waals surface area (Å²) < 4.78 is 29.6. The lowest BCUT2D eigenvalue weighted by atomic mass is 10.7. The Kier molecular flexibility index (Phi) is 3.77. The summed E-state index contributed by atoms with van der Waals surface area (Å²) in [4.78, 5) is 14.7. The number of esters is 1. The van der Waals surface area contributed by atoms with Crippen molar-refractivity contribution in [2.75, 3.05) is 13.7 Å². The maximum atomic E-state index is 11.5. The molecule has 0 fully saturated rings. The Labute approximate surface area is 91.3 Å². The number of rotatable bonds is 4. The Hall–Kier alpha value is -0.990. The minimum atomic E-state index is -3.53. The molecule has 0 amide bonds. The van der Waals surface area contributed by atoms with Crippen LogP contribution in [0.4, 0.5) is 0 Å². The number of hydrogen-bond acceptors (Lipinski definition) is 6. The molecule has 0 spiro atoms. The Morgan fingerprint density at radius 1 is 1.67 bits per heavy atom. The van der Waals surface area contributed by atoms with E-state index < -0.39 is 16.0 Å². The van der Waals surface area contributed by atoms with Crippen LogP contribution in [0.25, 0.3) is 0 Å². The fourth-order valence-corrected chi connectivity index (χ4v) is 2.96. The third kappa shape index (κ3) is 2.74. The van der Waals surface area contributed by atoms with Crippen LogP contribution >= 0.6 is 11.3 Å². The van der Waals surface area contributed by atoms with Gasteiger partial charge in [0.25, 0.3) is 10.0 Å². The van der Waals surface area contributed by atoms with Crippen molar-refractivity contribution in [1.29, 1.82) is 0 Å². The number of hydrogen-bond donors (Lipinski definition) is 1. The second-order valence-electron chi connectivity index (χ2n) is 2.48. The van der Waals surface area contributed by atoms with Crippen molar-refractivity contribution in [3.8, 4) is 0 Å². The van der Waals surface area contributed by atoms with Gasteiger partial charge in [0, 0.05) is 6.54 Å². The predicted molar refractivity (Wildman–Crippen MR) is 54.3 cm³/mol. The van der Waals surface area contributed by atoms with Crippen molar-refractivity contribution in [2.45, 2.75) is 11.1 Å². The molecule has 1 rings (SSSR count). The van der Waals surface area contributed by atoms with Crippen molar-refractivity contribution in [3.63, 3.8) is 0 Å². The van der Waals surface area contributed by atoms with Crippen LogP contribution in [0.5, 0.6) is 0 Å². The number of methoxy groups -OCH3 is 1. The van der Waals surface area contributed by atoms with E-state index in [1.54, 1.807) is 6.92 Å². The first-order valence-corrected chi connectivity index (χ1v) is 6.35. The van der Waals surface area contributed by atoms with Crippen molar-refractivity contribution in [1.82, 2.24) is 9.71 Å². The first-order valence-electron chi connectivity index (χ1n) is 4.05. The van der Waals surface area contributed by atoms with Gasteiger partial charge in [0.2, 0.25) is 5.01 Å². The van der Waals surface area contributed by atoms with E-state index in [2.05, 4.69) is 14.4 Å². The summed E-state index contributed by atoms with van der Waals surface area (Å²) >= 11 is 0.776. The van der Waals surface area contributed by atoms with Gasteiger partial charge in [-0.15, -0.1) is 0 Å². The van der Waals surface area contributed by atoms with Crippen molar-refractivity contribution in [2.24, 2.45) is 0 Å². The first-order chi connectivity index (χ1) is 7.01. The molecule has 0 aliphatic rings. The smallest absolute Gasteiger partial charge is 0.367 e. The van der Waals surface area contributed by atoms with Gasteiger partial charge < -0.3 is 4.74 Å². The second-order valence-corrected chi connectivity index (χ2v) is 5.50. The van der Waals surface area contributed by atoms with Gasteiger partial charge in [-0.1, -0.05) is 18.3 Å². The summed E-state index contributed by atoms with van der Waals surface area (Å²) in [5.74, 6) is -0.641. The molecule has 0 radical (unpaired) electrons. The molecule has 0 unspecified atom stereocenters. The molecule has 6 nitrogen and oxygen atoms in total. The van der Waals surface area contributed by atoms with Gasteiger partial charge in [-0.05, 0) is 0 Å². The van der Waals surface area contributed by atoms with Gasteiger partial charge >= 0.3 is 5.97 Å². The number of aromatic nitrogens is 1. The minimum absolute atomic E-state index is 0.00440. The predicted octanol–water partition coefficient (Wildman–Crippen LogP) is 0.228. The highest BCUT2D eigenvalue weighted by atomic mass is 32.2. The van der Waals surface area contributed by atoms with Crippen LogP contribution in [0, 0.1) is 0 Å². The molecule has 0 aliphatic carbocycles. The number of thiazole rings is 1. The zero-order valence-electron chi connectivity index (χ0n) is 8.18. The number of ether oxygens (including phenoxy) is 1. The average molecular weight is 250 g/mol. The quantitative estimate of drug-likeness (QED) is 0.773. The van der Waals surface area contributed by atoms with E-state index in [0.29, 0.717) is 0 Å². The zero-order chi connectivity index (χ0) is 11.5. The van der Waals surface area contributed by atoms with Gasteiger partial charge in [-0.2, -0.15) is 0 Å². The summed E-state index contributed by atoms with van der Waals surface area (Å²) in [5, 5.41) is 0.0222. The van der Waals surface area contributed by atoms with E-state index in [9.17, 15) is 13.2 Å². The second kappa shape index (κ2) is 4.69. The fraction of sp³-hybridized carbons (Fsp3) is 0.429. The average Bonchev–Trinajstić information content (AvgIpc) is 2.66. The molecule has 84 valence electrons. The monoisotopic (exact) mass is 250 g/mol. The molecule has 0 atom stereocenters. The van der Waals surface area contributed by atoms with Crippen LogP contribution in [0.2, 0.25) is 0 Å². The molecule has 1 heterocycles. The molecule has 1 N–H and O–H groups in total. The third-order valence-corrected chi connectivity index (χ3v) is 4.43. The molecule has 0 aromatic carbocycles. The summed E-state index contributed by atoms with van der Waals surface area (Å²) in [6.45, 7) is 1.95. The van der Waals surface area contributed by atoms with Crippen LogP contribution in [0.1, 0.15) is 16.7 Å². The Bertz CT molecular complexity index is 451. The van der Waals surface area contributed by atoms with Crippen molar-refractivity contribution in [3.05, 3.63) is 11.2 Å². The van der Waals surface area contributed by atoms with E-state index in [4.69, 9.17) is 0 Å². The van der Waals surface area contributed by atoms with E-state index in [1.807, 2.05) is 0 Å². The summed E-state index contributed by atoms with van der Waals surface area (Å²) in [6, 6.07) is 0. The molecule has 0 saturated heterocycles. The summed E-state index contributed by atoms with van der Waals surface area (Å²) in [5.41, 5.74) is 0. The van der Waals surface area contributed by atoms with Gasteiger partial charge in [-0.3, -0.25) is 0 Å². The van der Waals surface area contributed by atoms with Crippen LogP contribution in [0.3, 0.4) is 0 Å². The minimum Gasteiger partial charge on any atom is -0.464 e. The maximum Gasteiger partial charge on any atom is 0.367 e. The molecular formula is C7H10N2O4S2. The Balaban J connectivity index is 2.99. The van der Waals surface area contributed by atoms with Crippen molar-refractivity contribution < 1.29 is 17.9 Å². The van der Waals surface area contributed by atoms with Gasteiger partial charge in [0.05, 0.1) is 13.3 Å². The number of carbonyl (C=O) groups is 1. The van der Waals surface area contributed by atoms with E-state index in [-0.39, 0.29) is 15.8 Å². The number of sulfonamides is 1. The molecule has 1 aromatic rings. The molecular weight excluding hydrogens is 240 g/mol. The fourth-order valence-electron chi connectivity index (χ4n) is 0.826. The molecule has 0 saturated carbocycles. The molecule has 15 heavy (non-hydrogen) atoms. The number of carbonyl (C=O) groups excluding carboxylic acids is 1. The standard InChI is InChI=1S/C7H10N2O4S2/c1-3-9-15(11,12)5-4-8-6(14-5)7(10)13-2/h4,9H,3H2,1-2H3. The molecule has 1 aromatic heterocycles. The molecule has 8 heteroatoms. The Morgan fingerprint density at radius 2 is 2.33 bits per heavy atom. The number of nitrogens with one attached hydrogen (secondary N) is 1. The molecule has 0 aliphatic heterocycles. The molecule has 0 bridgehead atoms. The van der Waals surface area contributed by atoms with Crippen LogP contribution in [0.15, 0.2) is 10.4 Å². The van der Waals surface area contributed by atoms with E-state index in [1.165, 1.54) is 7.11 Å². The number of nitrogens with zero attached hydrogens (tertiary/aromatic N) is 1. The van der Waals surface area contributed by atoms with E-state index in [0.717, 1.165) is 17.5 Å². The summed E-state index contributed by atoms with van der Waals surface area (Å²) in [7, 11) is -2.32. The van der Waals surface area contributed by atoms with Crippen LogP contribution < -0.4 is 4.72 Å². The lowest BCUT2D eigenvalue weighted by molar-refractivity contribution is 0.0600. The highest BCUT2D eigenvalue weighted by Gasteiger charge is 2.19. The van der Waals surface area contributed by atoms with Crippen LogP contribution in [-0.4, -0.2) is 33.0 Å².